The van der Waals surface area contributed by atoms with Crippen LogP contribution in [0.25, 0.3) is 0 Å². The third kappa shape index (κ3) is 3.08. The molecule has 0 radical (unpaired) electrons. The largest absolute Gasteiger partial charge is 0.478 e. The molecule has 0 saturated carbocycles. The molecule has 18 heavy (non-hydrogen) atoms. The van der Waals surface area contributed by atoms with E-state index in [2.05, 4.69) is 0 Å². The monoisotopic (exact) mass is 282 g/mol. The van der Waals surface area contributed by atoms with Gasteiger partial charge >= 0.3 is 12.1 Å². The average molecular weight is 282 g/mol. The SMILES string of the molecule is CC(c1ccc(C(=O)O)c(C(F)(F)F)c1)S(=O)O. The Morgan fingerprint density at radius 1 is 1.39 bits per heavy atom. The van der Waals surface area contributed by atoms with E-state index >= 15 is 0 Å². The van der Waals surface area contributed by atoms with Crippen molar-refractivity contribution < 1.29 is 31.8 Å². The van der Waals surface area contributed by atoms with Gasteiger partial charge in [0.1, 0.15) is 0 Å². The molecule has 0 spiro atoms. The van der Waals surface area contributed by atoms with Crippen molar-refractivity contribution in [2.75, 3.05) is 0 Å². The predicted octanol–water partition coefficient (Wildman–Crippen LogP) is 2.69. The lowest BCUT2D eigenvalue weighted by atomic mass is 10.0. The van der Waals surface area contributed by atoms with Crippen LogP contribution in [0.5, 0.6) is 0 Å². The molecule has 2 atom stereocenters. The zero-order valence-electron chi connectivity index (χ0n) is 9.06. The standard InChI is InChI=1S/C10H9F3O4S/c1-5(18(16)17)6-2-3-7(9(14)15)8(4-6)10(11,12)13/h2-5H,1H3,(H,14,15)(H,16,17). The quantitative estimate of drug-likeness (QED) is 0.836. The molecule has 100 valence electrons. The smallest absolute Gasteiger partial charge is 0.417 e. The van der Waals surface area contributed by atoms with Crippen LogP contribution in [0, 0.1) is 0 Å². The molecule has 0 fully saturated rings. The first kappa shape index (κ1) is 14.7. The number of benzene rings is 1. The maximum Gasteiger partial charge on any atom is 0.417 e. The molecular weight excluding hydrogens is 273 g/mol. The topological polar surface area (TPSA) is 74.6 Å². The second kappa shape index (κ2) is 5.07. The van der Waals surface area contributed by atoms with E-state index in [9.17, 15) is 22.2 Å². The highest BCUT2D eigenvalue weighted by Crippen LogP contribution is 2.34. The summed E-state index contributed by atoms with van der Waals surface area (Å²) in [6.07, 6.45) is -4.83. The fourth-order valence-corrected chi connectivity index (χ4v) is 1.73. The molecule has 0 saturated heterocycles. The summed E-state index contributed by atoms with van der Waals surface area (Å²) < 4.78 is 57.6. The normalized spacial score (nSPS) is 15.2. The van der Waals surface area contributed by atoms with Crippen LogP contribution in [0.3, 0.4) is 0 Å². The summed E-state index contributed by atoms with van der Waals surface area (Å²) in [5.74, 6) is -1.70. The Morgan fingerprint density at radius 2 is 1.94 bits per heavy atom. The van der Waals surface area contributed by atoms with Gasteiger partial charge in [-0.15, -0.1) is 0 Å². The maximum absolute atomic E-state index is 12.7. The van der Waals surface area contributed by atoms with E-state index in [0.29, 0.717) is 6.07 Å². The molecular formula is C10H9F3O4S. The van der Waals surface area contributed by atoms with Crippen molar-refractivity contribution in [3.63, 3.8) is 0 Å². The highest BCUT2D eigenvalue weighted by atomic mass is 32.2. The summed E-state index contributed by atoms with van der Waals surface area (Å²) in [5, 5.41) is 7.62. The minimum atomic E-state index is -4.83. The summed E-state index contributed by atoms with van der Waals surface area (Å²) in [7, 11) is 0. The number of alkyl halides is 3. The molecule has 1 aromatic rings. The number of carboxylic acid groups (broad SMARTS) is 1. The molecule has 1 rings (SSSR count). The van der Waals surface area contributed by atoms with Gasteiger partial charge < -0.3 is 9.66 Å². The zero-order valence-corrected chi connectivity index (χ0v) is 9.88. The van der Waals surface area contributed by atoms with Crippen LogP contribution in [-0.2, 0) is 17.3 Å². The Hall–Kier alpha value is -1.41. The van der Waals surface area contributed by atoms with Gasteiger partial charge in [-0.2, -0.15) is 13.2 Å². The molecule has 1 aromatic carbocycles. The van der Waals surface area contributed by atoms with Gasteiger partial charge in [0.2, 0.25) is 0 Å². The second-order valence-corrected chi connectivity index (χ2v) is 4.79. The lowest BCUT2D eigenvalue weighted by molar-refractivity contribution is -0.138. The lowest BCUT2D eigenvalue weighted by Crippen LogP contribution is -2.14. The predicted molar refractivity (Wildman–Crippen MR) is 57.6 cm³/mol. The Balaban J connectivity index is 3.39. The van der Waals surface area contributed by atoms with Gasteiger partial charge in [0.15, 0.2) is 11.1 Å². The molecule has 0 aromatic heterocycles. The van der Waals surface area contributed by atoms with Gasteiger partial charge in [0, 0.05) is 0 Å². The Labute approximate surface area is 103 Å². The van der Waals surface area contributed by atoms with E-state index in [1.807, 2.05) is 0 Å². The molecule has 0 heterocycles. The number of carboxylic acids is 1. The minimum Gasteiger partial charge on any atom is -0.478 e. The van der Waals surface area contributed by atoms with Crippen molar-refractivity contribution in [1.29, 1.82) is 0 Å². The van der Waals surface area contributed by atoms with Gasteiger partial charge in [-0.25, -0.2) is 9.00 Å². The fraction of sp³-hybridized carbons (Fsp3) is 0.300. The molecule has 0 aliphatic heterocycles. The van der Waals surface area contributed by atoms with Crippen LogP contribution in [0.1, 0.15) is 33.7 Å². The molecule has 8 heteroatoms. The first-order valence-corrected chi connectivity index (χ1v) is 5.85. The van der Waals surface area contributed by atoms with Gasteiger partial charge in [0.05, 0.1) is 16.4 Å². The Kier molecular flexibility index (Phi) is 4.12. The van der Waals surface area contributed by atoms with Crippen LogP contribution < -0.4 is 0 Å². The van der Waals surface area contributed by atoms with Crippen LogP contribution in [0.4, 0.5) is 13.2 Å². The first-order chi connectivity index (χ1) is 8.14. The number of hydrogen-bond donors (Lipinski definition) is 2. The highest BCUT2D eigenvalue weighted by molar-refractivity contribution is 7.79. The van der Waals surface area contributed by atoms with Gasteiger partial charge in [0.25, 0.3) is 0 Å². The first-order valence-electron chi connectivity index (χ1n) is 4.68. The van der Waals surface area contributed by atoms with E-state index < -0.39 is 39.6 Å². The lowest BCUT2D eigenvalue weighted by Gasteiger charge is -2.14. The fourth-order valence-electron chi connectivity index (χ4n) is 1.35. The van der Waals surface area contributed by atoms with Crippen molar-refractivity contribution in [3.05, 3.63) is 34.9 Å². The number of carbonyl (C=O) groups is 1. The van der Waals surface area contributed by atoms with Crippen LogP contribution in [0.15, 0.2) is 18.2 Å². The van der Waals surface area contributed by atoms with Crippen molar-refractivity contribution in [2.24, 2.45) is 0 Å². The maximum atomic E-state index is 12.7. The van der Waals surface area contributed by atoms with E-state index in [-0.39, 0.29) is 5.56 Å². The van der Waals surface area contributed by atoms with Crippen LogP contribution >= 0.6 is 0 Å². The highest BCUT2D eigenvalue weighted by Gasteiger charge is 2.36. The van der Waals surface area contributed by atoms with E-state index in [4.69, 9.17) is 9.66 Å². The second-order valence-electron chi connectivity index (χ2n) is 3.53. The van der Waals surface area contributed by atoms with E-state index in [1.54, 1.807) is 0 Å². The van der Waals surface area contributed by atoms with Crippen LogP contribution in [-0.4, -0.2) is 19.8 Å². The number of rotatable bonds is 3. The molecule has 0 bridgehead atoms. The van der Waals surface area contributed by atoms with Crippen molar-refractivity contribution in [2.45, 2.75) is 18.3 Å². The van der Waals surface area contributed by atoms with Crippen molar-refractivity contribution >= 4 is 17.0 Å². The average Bonchev–Trinajstić information content (AvgIpc) is 2.25. The molecule has 4 nitrogen and oxygen atoms in total. The number of aromatic carboxylic acids is 1. The molecule has 0 aliphatic rings. The van der Waals surface area contributed by atoms with E-state index in [1.165, 1.54) is 6.92 Å². The number of hydrogen-bond acceptors (Lipinski definition) is 2. The summed E-state index contributed by atoms with van der Waals surface area (Å²) in [6.45, 7) is 1.27. The third-order valence-corrected chi connectivity index (χ3v) is 3.23. The van der Waals surface area contributed by atoms with Crippen molar-refractivity contribution in [3.8, 4) is 0 Å². The van der Waals surface area contributed by atoms with Gasteiger partial charge in [-0.3, -0.25) is 0 Å². The third-order valence-electron chi connectivity index (χ3n) is 2.35. The van der Waals surface area contributed by atoms with Gasteiger partial charge in [-0.1, -0.05) is 6.07 Å². The molecule has 0 aliphatic carbocycles. The Bertz CT molecular complexity index is 498. The van der Waals surface area contributed by atoms with E-state index in [0.717, 1.165) is 12.1 Å². The summed E-state index contributed by atoms with van der Waals surface area (Å²) >= 11 is -2.33. The summed E-state index contributed by atoms with van der Waals surface area (Å²) in [4.78, 5) is 10.7. The van der Waals surface area contributed by atoms with Crippen molar-refractivity contribution in [1.82, 2.24) is 0 Å². The molecule has 0 amide bonds. The van der Waals surface area contributed by atoms with Crippen LogP contribution in [0.2, 0.25) is 0 Å². The molecule has 2 N–H and O–H groups in total. The number of halogens is 3. The summed E-state index contributed by atoms with van der Waals surface area (Å²) in [5.41, 5.74) is -2.26. The zero-order chi connectivity index (χ0) is 14.1. The minimum absolute atomic E-state index is 0.0480. The Morgan fingerprint density at radius 3 is 2.33 bits per heavy atom. The molecule has 2 unspecified atom stereocenters. The summed E-state index contributed by atoms with van der Waals surface area (Å²) in [6, 6.07) is 2.46. The van der Waals surface area contributed by atoms with Gasteiger partial charge in [-0.05, 0) is 24.6 Å².